The van der Waals surface area contributed by atoms with Gasteiger partial charge in [0.2, 0.25) is 5.71 Å². The fraction of sp³-hybridized carbons (Fsp3) is 0.108. The third-order valence-electron chi connectivity index (χ3n) is 7.31. The molecule has 0 saturated carbocycles. The van der Waals surface area contributed by atoms with Gasteiger partial charge in [0.05, 0.1) is 11.3 Å². The van der Waals surface area contributed by atoms with E-state index in [1.165, 1.54) is 22.3 Å². The van der Waals surface area contributed by atoms with Crippen LogP contribution in [0.2, 0.25) is 0 Å². The van der Waals surface area contributed by atoms with Crippen molar-refractivity contribution in [1.82, 2.24) is 15.0 Å². The van der Waals surface area contributed by atoms with Gasteiger partial charge in [0.1, 0.15) is 0 Å². The molecule has 4 heterocycles. The van der Waals surface area contributed by atoms with Crippen LogP contribution in [0.5, 0.6) is 0 Å². The molecular formula is C37H29IrN3O-2. The minimum atomic E-state index is 0. The second-order valence-corrected chi connectivity index (χ2v) is 10.2. The van der Waals surface area contributed by atoms with Crippen LogP contribution in [0.3, 0.4) is 0 Å². The molecule has 0 saturated heterocycles. The van der Waals surface area contributed by atoms with E-state index >= 15 is 0 Å². The summed E-state index contributed by atoms with van der Waals surface area (Å²) in [6.07, 6.45) is 3.69. The van der Waals surface area contributed by atoms with E-state index in [0.29, 0.717) is 5.71 Å². The maximum Gasteiger partial charge on any atom is 0.216 e. The number of nitrogens with zero attached hydrogens (tertiary/aromatic N) is 3. The molecule has 1 radical (unpaired) electrons. The summed E-state index contributed by atoms with van der Waals surface area (Å²) in [4.78, 5) is 13.7. The zero-order chi connectivity index (χ0) is 28.3. The van der Waals surface area contributed by atoms with E-state index in [4.69, 9.17) is 9.40 Å². The van der Waals surface area contributed by atoms with Gasteiger partial charge < -0.3 is 14.4 Å². The molecule has 0 atom stereocenters. The largest absolute Gasteiger partial charge is 0.486 e. The van der Waals surface area contributed by atoms with E-state index in [1.807, 2.05) is 60.8 Å². The van der Waals surface area contributed by atoms with Crippen LogP contribution in [0, 0.1) is 39.8 Å². The number of aryl methyl sites for hydroxylation is 4. The Bertz CT molecular complexity index is 1920. The Hall–Kier alpha value is -4.44. The quantitative estimate of drug-likeness (QED) is 0.171. The number of fused-ring (bicyclic) bond motifs is 3. The van der Waals surface area contributed by atoms with Gasteiger partial charge in [-0.05, 0) is 74.0 Å². The molecule has 42 heavy (non-hydrogen) atoms. The van der Waals surface area contributed by atoms with Crippen molar-refractivity contribution in [2.75, 3.05) is 0 Å². The second-order valence-electron chi connectivity index (χ2n) is 10.2. The first-order valence-electron chi connectivity index (χ1n) is 13.6. The molecule has 0 bridgehead atoms. The van der Waals surface area contributed by atoms with Crippen LogP contribution < -0.4 is 0 Å². The van der Waals surface area contributed by atoms with E-state index in [9.17, 15) is 0 Å². The normalized spacial score (nSPS) is 10.7. The molecule has 3 aromatic carbocycles. The molecule has 0 aliphatic rings. The molecule has 7 aromatic rings. The fourth-order valence-electron chi connectivity index (χ4n) is 5.01. The first-order valence-corrected chi connectivity index (χ1v) is 13.6. The number of pyridine rings is 3. The SMILES string of the molecule is Cc1cnc(-c2[c-]ccc3c2oc2nc(-c4c(C)cccc4C)ccc23)cc1C.[Ir].[c-]1ccccc1-c1ccccn1. The average molecular weight is 724 g/mol. The molecule has 4 aromatic heterocycles. The van der Waals surface area contributed by atoms with Gasteiger partial charge in [0.25, 0.3) is 0 Å². The Morgan fingerprint density at radius 2 is 1.43 bits per heavy atom. The van der Waals surface area contributed by atoms with Crippen molar-refractivity contribution >= 4 is 22.1 Å². The van der Waals surface area contributed by atoms with E-state index < -0.39 is 0 Å². The molecular weight excluding hydrogens is 695 g/mol. The van der Waals surface area contributed by atoms with Gasteiger partial charge in [-0.25, -0.2) is 4.98 Å². The van der Waals surface area contributed by atoms with Crippen LogP contribution in [-0.2, 0) is 20.1 Å². The van der Waals surface area contributed by atoms with Crippen molar-refractivity contribution < 1.29 is 24.5 Å². The molecule has 209 valence electrons. The van der Waals surface area contributed by atoms with Crippen LogP contribution in [-0.4, -0.2) is 15.0 Å². The fourth-order valence-corrected chi connectivity index (χ4v) is 5.01. The first kappa shape index (κ1) is 29.1. The zero-order valence-electron chi connectivity index (χ0n) is 23.9. The summed E-state index contributed by atoms with van der Waals surface area (Å²) in [6.45, 7) is 8.39. The minimum Gasteiger partial charge on any atom is -0.486 e. The van der Waals surface area contributed by atoms with Crippen molar-refractivity contribution in [3.8, 4) is 33.8 Å². The second kappa shape index (κ2) is 12.6. The van der Waals surface area contributed by atoms with Crippen LogP contribution in [0.15, 0.2) is 108 Å². The van der Waals surface area contributed by atoms with Crippen molar-refractivity contribution in [2.24, 2.45) is 0 Å². The Labute approximate surface area is 259 Å². The molecule has 0 aliphatic heterocycles. The number of hydrogen-bond acceptors (Lipinski definition) is 4. The van der Waals surface area contributed by atoms with Crippen molar-refractivity contribution in [3.63, 3.8) is 0 Å². The van der Waals surface area contributed by atoms with Gasteiger partial charge in [0.15, 0.2) is 0 Å². The maximum absolute atomic E-state index is 6.27. The topological polar surface area (TPSA) is 51.8 Å². The first-order chi connectivity index (χ1) is 20.0. The Morgan fingerprint density at radius 1 is 0.619 bits per heavy atom. The van der Waals surface area contributed by atoms with E-state index in [0.717, 1.165) is 50.1 Å². The number of aromatic nitrogens is 3. The monoisotopic (exact) mass is 724 g/mol. The van der Waals surface area contributed by atoms with Crippen LogP contribution in [0.1, 0.15) is 22.3 Å². The van der Waals surface area contributed by atoms with Gasteiger partial charge in [-0.1, -0.05) is 52.9 Å². The number of hydrogen-bond donors (Lipinski definition) is 0. The molecule has 5 heteroatoms. The third kappa shape index (κ3) is 5.80. The van der Waals surface area contributed by atoms with Crippen LogP contribution >= 0.6 is 0 Å². The van der Waals surface area contributed by atoms with E-state index in [1.54, 1.807) is 6.20 Å². The summed E-state index contributed by atoms with van der Waals surface area (Å²) in [7, 11) is 0. The summed E-state index contributed by atoms with van der Waals surface area (Å²) in [5.74, 6) is 0. The predicted octanol–water partition coefficient (Wildman–Crippen LogP) is 9.29. The zero-order valence-corrected chi connectivity index (χ0v) is 26.3. The third-order valence-corrected chi connectivity index (χ3v) is 7.31. The summed E-state index contributed by atoms with van der Waals surface area (Å²) < 4.78 is 6.27. The number of benzene rings is 3. The molecule has 0 amide bonds. The van der Waals surface area contributed by atoms with Crippen LogP contribution in [0.4, 0.5) is 0 Å². The number of rotatable bonds is 3. The maximum atomic E-state index is 6.27. The molecule has 4 nitrogen and oxygen atoms in total. The summed E-state index contributed by atoms with van der Waals surface area (Å²) in [6, 6.07) is 36.7. The Balaban J connectivity index is 0.000000228. The molecule has 7 rings (SSSR count). The van der Waals surface area contributed by atoms with Gasteiger partial charge in [-0.3, -0.25) is 0 Å². The van der Waals surface area contributed by atoms with Gasteiger partial charge in [-0.2, -0.15) is 0 Å². The predicted molar refractivity (Wildman–Crippen MR) is 166 cm³/mol. The summed E-state index contributed by atoms with van der Waals surface area (Å²) in [5, 5.41) is 2.04. The standard InChI is InChI=1S/C26H21N2O.C11H8N.Ir/c1-15-7-5-8-16(2)24(15)22-12-11-20-19-9-6-10-21(25(19)29-26(20)28-22)23-13-17(3)18(4)14-27-23;1-2-6-10(7-3-1)11-8-4-5-9-12-11;/h5-9,11-14H,1-4H3;1-6,8-9H;/q2*-1;. The summed E-state index contributed by atoms with van der Waals surface area (Å²) in [5.41, 5.74) is 12.1. The van der Waals surface area contributed by atoms with Crippen molar-refractivity contribution in [3.05, 3.63) is 138 Å². The molecule has 0 fully saturated rings. The van der Waals surface area contributed by atoms with E-state index in [2.05, 4.69) is 86.2 Å². The molecule has 0 unspecified atom stereocenters. The Kier molecular flexibility index (Phi) is 8.72. The van der Waals surface area contributed by atoms with Gasteiger partial charge in [0, 0.05) is 43.4 Å². The van der Waals surface area contributed by atoms with Crippen molar-refractivity contribution in [1.29, 1.82) is 0 Å². The summed E-state index contributed by atoms with van der Waals surface area (Å²) >= 11 is 0. The van der Waals surface area contributed by atoms with E-state index in [-0.39, 0.29) is 20.1 Å². The molecule has 0 spiro atoms. The molecule has 0 aliphatic carbocycles. The minimum absolute atomic E-state index is 0. The Morgan fingerprint density at radius 3 is 2.14 bits per heavy atom. The smallest absolute Gasteiger partial charge is 0.216 e. The van der Waals surface area contributed by atoms with Crippen molar-refractivity contribution in [2.45, 2.75) is 27.7 Å². The van der Waals surface area contributed by atoms with Gasteiger partial charge in [-0.15, -0.1) is 54.1 Å². The van der Waals surface area contributed by atoms with Crippen LogP contribution in [0.25, 0.3) is 55.8 Å². The van der Waals surface area contributed by atoms with Gasteiger partial charge >= 0.3 is 0 Å². The molecule has 0 N–H and O–H groups in total. The number of furan rings is 1. The average Bonchev–Trinajstić information content (AvgIpc) is 3.38.